The van der Waals surface area contributed by atoms with Gasteiger partial charge in [0.2, 0.25) is 10.0 Å². The number of hydrogen-bond donors (Lipinski definition) is 2. The van der Waals surface area contributed by atoms with Gasteiger partial charge in [0, 0.05) is 19.1 Å². The predicted molar refractivity (Wildman–Crippen MR) is 117 cm³/mol. The highest BCUT2D eigenvalue weighted by Gasteiger charge is 2.35. The fraction of sp³-hybridized carbons (Fsp3) is 0.409. The molecule has 30 heavy (non-hydrogen) atoms. The van der Waals surface area contributed by atoms with E-state index in [4.69, 9.17) is 4.74 Å². The molecule has 0 spiro atoms. The normalized spacial score (nSPS) is 19.3. The molecule has 1 heterocycles. The van der Waals surface area contributed by atoms with Crippen molar-refractivity contribution < 1.29 is 17.9 Å². The van der Waals surface area contributed by atoms with Crippen LogP contribution in [0.2, 0.25) is 0 Å². The van der Waals surface area contributed by atoms with Crippen molar-refractivity contribution in [3.63, 3.8) is 0 Å². The fourth-order valence-electron chi connectivity index (χ4n) is 3.83. The Hall–Kier alpha value is -2.58. The zero-order valence-corrected chi connectivity index (χ0v) is 18.2. The smallest absolute Gasteiger partial charge is 0.317 e. The largest absolute Gasteiger partial charge is 0.457 e. The van der Waals surface area contributed by atoms with Crippen LogP contribution in [0.25, 0.3) is 0 Å². The van der Waals surface area contributed by atoms with E-state index in [1.807, 2.05) is 61.5 Å². The summed E-state index contributed by atoms with van der Waals surface area (Å²) in [7, 11) is -3.39. The van der Waals surface area contributed by atoms with E-state index in [1.54, 1.807) is 4.90 Å². The van der Waals surface area contributed by atoms with E-state index >= 15 is 0 Å². The molecule has 1 fully saturated rings. The Morgan fingerprint density at radius 1 is 1.13 bits per heavy atom. The second kappa shape index (κ2) is 9.95. The highest BCUT2D eigenvalue weighted by atomic mass is 32.2. The summed E-state index contributed by atoms with van der Waals surface area (Å²) in [6.07, 6.45) is 3.12. The first-order valence-electron chi connectivity index (χ1n) is 10.2. The maximum atomic E-state index is 12.6. The number of ether oxygens (including phenoxy) is 1. The highest BCUT2D eigenvalue weighted by molar-refractivity contribution is 7.88. The lowest BCUT2D eigenvalue weighted by Crippen LogP contribution is -2.59. The van der Waals surface area contributed by atoms with Gasteiger partial charge in [-0.05, 0) is 56.0 Å². The lowest BCUT2D eigenvalue weighted by molar-refractivity contribution is 0.134. The van der Waals surface area contributed by atoms with Gasteiger partial charge in [0.15, 0.2) is 0 Å². The summed E-state index contributed by atoms with van der Waals surface area (Å²) in [4.78, 5) is 14.4. The molecule has 2 amide bonds. The minimum absolute atomic E-state index is 0.167. The first-order chi connectivity index (χ1) is 14.4. The van der Waals surface area contributed by atoms with E-state index in [-0.39, 0.29) is 18.1 Å². The van der Waals surface area contributed by atoms with Crippen molar-refractivity contribution >= 4 is 16.1 Å². The van der Waals surface area contributed by atoms with Crippen LogP contribution >= 0.6 is 0 Å². The van der Waals surface area contributed by atoms with Gasteiger partial charge in [-0.1, -0.05) is 30.3 Å². The minimum atomic E-state index is -3.39. The summed E-state index contributed by atoms with van der Waals surface area (Å²) in [5.74, 6) is 1.44. The Bertz CT molecular complexity index is 950. The lowest BCUT2D eigenvalue weighted by atomic mass is 9.91. The summed E-state index contributed by atoms with van der Waals surface area (Å²) in [6, 6.07) is 16.4. The molecule has 1 aliphatic heterocycles. The van der Waals surface area contributed by atoms with Crippen LogP contribution in [0.4, 0.5) is 4.79 Å². The lowest BCUT2D eigenvalue weighted by Gasteiger charge is -2.41. The van der Waals surface area contributed by atoms with Gasteiger partial charge >= 0.3 is 6.03 Å². The number of likely N-dealkylation sites (tertiary alicyclic amines) is 1. The van der Waals surface area contributed by atoms with Crippen molar-refractivity contribution in [1.82, 2.24) is 14.9 Å². The molecule has 2 aromatic carbocycles. The maximum absolute atomic E-state index is 12.6. The molecule has 2 aromatic rings. The number of nitrogens with one attached hydrogen (secondary N) is 2. The molecule has 162 valence electrons. The third-order valence-corrected chi connectivity index (χ3v) is 5.79. The molecule has 7 nitrogen and oxygen atoms in total. The summed E-state index contributed by atoms with van der Waals surface area (Å²) < 4.78 is 32.5. The molecular weight excluding hydrogens is 402 g/mol. The molecule has 8 heteroatoms. The number of piperidine rings is 1. The molecule has 1 saturated heterocycles. The molecule has 3 rings (SSSR count). The number of hydrogen-bond acceptors (Lipinski definition) is 4. The number of benzene rings is 2. The Balaban J connectivity index is 1.83. The van der Waals surface area contributed by atoms with Gasteiger partial charge in [0.25, 0.3) is 0 Å². The quantitative estimate of drug-likeness (QED) is 0.705. The molecule has 2 atom stereocenters. The van der Waals surface area contributed by atoms with E-state index in [2.05, 4.69) is 10.0 Å². The molecule has 2 N–H and O–H groups in total. The highest BCUT2D eigenvalue weighted by Crippen LogP contribution is 2.26. The van der Waals surface area contributed by atoms with Gasteiger partial charge < -0.3 is 15.0 Å². The van der Waals surface area contributed by atoms with Crippen LogP contribution in [0.15, 0.2) is 54.6 Å². The van der Waals surface area contributed by atoms with E-state index in [0.717, 1.165) is 24.0 Å². The number of carbonyl (C=O) groups excluding carboxylic acids is 1. The first-order valence-corrected chi connectivity index (χ1v) is 12.1. The SMILES string of the molecule is CCNC(=O)N1CCCC(NS(C)(=O)=O)C1Cc1cccc(Oc2ccccc2)c1. The van der Waals surface area contributed by atoms with E-state index in [9.17, 15) is 13.2 Å². The van der Waals surface area contributed by atoms with Crippen LogP contribution in [0.3, 0.4) is 0 Å². The van der Waals surface area contributed by atoms with Gasteiger partial charge in [-0.25, -0.2) is 17.9 Å². The number of amides is 2. The zero-order valence-electron chi connectivity index (χ0n) is 17.4. The van der Waals surface area contributed by atoms with Crippen LogP contribution in [-0.4, -0.2) is 50.8 Å². The standard InChI is InChI=1S/C22H29N3O4S/c1-3-23-22(26)25-14-8-13-20(24-30(2,27)28)21(25)16-17-9-7-12-19(15-17)29-18-10-5-4-6-11-18/h4-7,9-12,15,20-21,24H,3,8,13-14,16H2,1-2H3,(H,23,26). The van der Waals surface area contributed by atoms with Crippen LogP contribution in [0.5, 0.6) is 11.5 Å². The average molecular weight is 432 g/mol. The van der Waals surface area contributed by atoms with Crippen molar-refractivity contribution in [2.45, 2.75) is 38.3 Å². The maximum Gasteiger partial charge on any atom is 0.317 e. The monoisotopic (exact) mass is 431 g/mol. The van der Waals surface area contributed by atoms with Gasteiger partial charge in [-0.3, -0.25) is 0 Å². The van der Waals surface area contributed by atoms with Crippen LogP contribution < -0.4 is 14.8 Å². The molecule has 0 radical (unpaired) electrons. The Labute approximate surface area is 178 Å². The topological polar surface area (TPSA) is 87.7 Å². The van der Waals surface area contributed by atoms with Crippen LogP contribution in [0.1, 0.15) is 25.3 Å². The number of nitrogens with zero attached hydrogens (tertiary/aromatic N) is 1. The van der Waals surface area contributed by atoms with Gasteiger partial charge in [-0.2, -0.15) is 0 Å². The van der Waals surface area contributed by atoms with E-state index in [1.165, 1.54) is 0 Å². The molecule has 0 saturated carbocycles. The number of urea groups is 1. The molecule has 2 unspecified atom stereocenters. The molecule has 0 aliphatic carbocycles. The predicted octanol–water partition coefficient (Wildman–Crippen LogP) is 3.13. The van der Waals surface area contributed by atoms with Gasteiger partial charge in [0.1, 0.15) is 11.5 Å². The summed E-state index contributed by atoms with van der Waals surface area (Å²) in [5, 5.41) is 2.84. The molecule has 1 aliphatic rings. The first kappa shape index (κ1) is 22.1. The van der Waals surface area contributed by atoms with Crippen molar-refractivity contribution in [2.75, 3.05) is 19.3 Å². The number of para-hydroxylation sites is 1. The third kappa shape index (κ3) is 6.21. The van der Waals surface area contributed by atoms with Gasteiger partial charge in [-0.15, -0.1) is 0 Å². The van der Waals surface area contributed by atoms with E-state index < -0.39 is 10.0 Å². The number of sulfonamides is 1. The Morgan fingerprint density at radius 3 is 2.57 bits per heavy atom. The summed E-state index contributed by atoms with van der Waals surface area (Å²) >= 11 is 0. The van der Waals surface area contributed by atoms with Crippen molar-refractivity contribution in [2.24, 2.45) is 0 Å². The second-order valence-electron chi connectivity index (χ2n) is 7.50. The average Bonchev–Trinajstić information content (AvgIpc) is 2.69. The third-order valence-electron chi connectivity index (χ3n) is 5.06. The summed E-state index contributed by atoms with van der Waals surface area (Å²) in [5.41, 5.74) is 0.977. The van der Waals surface area contributed by atoms with Crippen molar-refractivity contribution in [3.05, 3.63) is 60.2 Å². The van der Waals surface area contributed by atoms with Crippen LogP contribution in [0, 0.1) is 0 Å². The van der Waals surface area contributed by atoms with Crippen LogP contribution in [-0.2, 0) is 16.4 Å². The zero-order chi connectivity index (χ0) is 21.6. The molecular formula is C22H29N3O4S. The fourth-order valence-corrected chi connectivity index (χ4v) is 4.65. The number of carbonyl (C=O) groups is 1. The Kier molecular flexibility index (Phi) is 7.33. The Morgan fingerprint density at radius 2 is 1.87 bits per heavy atom. The van der Waals surface area contributed by atoms with E-state index in [0.29, 0.717) is 31.7 Å². The van der Waals surface area contributed by atoms with Crippen molar-refractivity contribution in [3.8, 4) is 11.5 Å². The van der Waals surface area contributed by atoms with Crippen molar-refractivity contribution in [1.29, 1.82) is 0 Å². The second-order valence-corrected chi connectivity index (χ2v) is 9.28. The summed E-state index contributed by atoms with van der Waals surface area (Å²) in [6.45, 7) is 2.98. The number of rotatable bonds is 7. The molecule has 0 aromatic heterocycles. The minimum Gasteiger partial charge on any atom is -0.457 e. The van der Waals surface area contributed by atoms with Gasteiger partial charge in [0.05, 0.1) is 12.3 Å². The molecule has 0 bridgehead atoms.